The van der Waals surface area contributed by atoms with Crippen molar-refractivity contribution in [2.75, 3.05) is 19.5 Å². The SMILES string of the molecule is CCn1cc(C(=O)Nc2cc(OC)c(Cl)cc2OC)c(=O)c2cc(C)ccc21. The molecular formula is C21H21ClN2O4. The van der Waals surface area contributed by atoms with Gasteiger partial charge in [-0.2, -0.15) is 0 Å². The number of anilines is 1. The second-order valence-electron chi connectivity index (χ2n) is 6.32. The molecule has 0 radical (unpaired) electrons. The van der Waals surface area contributed by atoms with E-state index in [-0.39, 0.29) is 11.0 Å². The zero-order chi connectivity index (χ0) is 20.4. The molecule has 1 heterocycles. The molecule has 0 saturated carbocycles. The van der Waals surface area contributed by atoms with Crippen LogP contribution in [0, 0.1) is 6.92 Å². The maximum absolute atomic E-state index is 13.0. The Morgan fingerprint density at radius 3 is 2.50 bits per heavy atom. The molecule has 28 heavy (non-hydrogen) atoms. The van der Waals surface area contributed by atoms with Crippen LogP contribution < -0.4 is 20.2 Å². The first kappa shape index (κ1) is 19.8. The highest BCUT2D eigenvalue weighted by atomic mass is 35.5. The fourth-order valence-electron chi connectivity index (χ4n) is 3.08. The lowest BCUT2D eigenvalue weighted by Crippen LogP contribution is -2.24. The number of carbonyl (C=O) groups excluding carboxylic acids is 1. The summed E-state index contributed by atoms with van der Waals surface area (Å²) in [4.78, 5) is 25.9. The molecule has 3 rings (SSSR count). The Bertz CT molecular complexity index is 1120. The number of aryl methyl sites for hydroxylation is 2. The van der Waals surface area contributed by atoms with Gasteiger partial charge in [-0.25, -0.2) is 0 Å². The van der Waals surface area contributed by atoms with E-state index in [9.17, 15) is 9.59 Å². The minimum absolute atomic E-state index is 0.0518. The molecule has 0 unspecified atom stereocenters. The highest BCUT2D eigenvalue weighted by Crippen LogP contribution is 2.36. The quantitative estimate of drug-likeness (QED) is 0.695. The standard InChI is InChI=1S/C21H21ClN2O4/c1-5-24-11-14(20(25)13-8-12(2)6-7-17(13)24)21(26)23-16-10-18(27-3)15(22)9-19(16)28-4/h6-11H,5H2,1-4H3,(H,23,26). The van der Waals surface area contributed by atoms with Crippen molar-refractivity contribution in [2.24, 2.45) is 0 Å². The van der Waals surface area contributed by atoms with Crippen molar-refractivity contribution in [1.82, 2.24) is 4.57 Å². The number of methoxy groups -OCH3 is 2. The van der Waals surface area contributed by atoms with Crippen LogP contribution in [0.2, 0.25) is 5.02 Å². The third-order valence-electron chi connectivity index (χ3n) is 4.54. The average Bonchev–Trinajstić information content (AvgIpc) is 2.69. The molecule has 0 saturated heterocycles. The molecule has 146 valence electrons. The molecule has 0 atom stereocenters. The maximum Gasteiger partial charge on any atom is 0.261 e. The van der Waals surface area contributed by atoms with Gasteiger partial charge in [-0.05, 0) is 26.0 Å². The molecule has 7 heteroatoms. The first-order chi connectivity index (χ1) is 13.4. The van der Waals surface area contributed by atoms with Crippen molar-refractivity contribution in [3.8, 4) is 11.5 Å². The summed E-state index contributed by atoms with van der Waals surface area (Å²) in [5.41, 5.74) is 1.84. The summed E-state index contributed by atoms with van der Waals surface area (Å²) in [5.74, 6) is 0.225. The van der Waals surface area contributed by atoms with E-state index in [4.69, 9.17) is 21.1 Å². The molecule has 2 aromatic carbocycles. The molecule has 0 fully saturated rings. The summed E-state index contributed by atoms with van der Waals surface area (Å²) >= 11 is 6.11. The molecule has 0 aliphatic carbocycles. The minimum atomic E-state index is -0.529. The Morgan fingerprint density at radius 2 is 1.86 bits per heavy atom. The molecule has 3 aromatic rings. The molecular weight excluding hydrogens is 380 g/mol. The fourth-order valence-corrected chi connectivity index (χ4v) is 3.31. The van der Waals surface area contributed by atoms with E-state index in [1.807, 2.05) is 30.5 Å². The molecule has 1 aromatic heterocycles. The average molecular weight is 401 g/mol. The van der Waals surface area contributed by atoms with E-state index in [1.54, 1.807) is 24.4 Å². The Balaban J connectivity index is 2.10. The molecule has 0 spiro atoms. The second-order valence-corrected chi connectivity index (χ2v) is 6.73. The van der Waals surface area contributed by atoms with Gasteiger partial charge in [0, 0.05) is 30.3 Å². The van der Waals surface area contributed by atoms with Crippen LogP contribution in [0.4, 0.5) is 5.69 Å². The van der Waals surface area contributed by atoms with Gasteiger partial charge in [0.2, 0.25) is 5.43 Å². The van der Waals surface area contributed by atoms with Crippen LogP contribution in [0.15, 0.2) is 41.3 Å². The van der Waals surface area contributed by atoms with Gasteiger partial charge >= 0.3 is 0 Å². The lowest BCUT2D eigenvalue weighted by atomic mass is 10.1. The van der Waals surface area contributed by atoms with Gasteiger partial charge in [-0.1, -0.05) is 23.2 Å². The van der Waals surface area contributed by atoms with Crippen molar-refractivity contribution in [2.45, 2.75) is 20.4 Å². The van der Waals surface area contributed by atoms with Crippen LogP contribution in [-0.2, 0) is 6.54 Å². The number of aromatic nitrogens is 1. The van der Waals surface area contributed by atoms with Gasteiger partial charge < -0.3 is 19.4 Å². The number of amides is 1. The largest absolute Gasteiger partial charge is 0.495 e. The number of hydrogen-bond donors (Lipinski definition) is 1. The highest BCUT2D eigenvalue weighted by Gasteiger charge is 2.18. The number of pyridine rings is 1. The van der Waals surface area contributed by atoms with E-state index in [1.165, 1.54) is 14.2 Å². The summed E-state index contributed by atoms with van der Waals surface area (Å²) in [5, 5.41) is 3.60. The minimum Gasteiger partial charge on any atom is -0.495 e. The van der Waals surface area contributed by atoms with Gasteiger partial charge in [0.25, 0.3) is 5.91 Å². The molecule has 1 amide bonds. The number of ether oxygens (including phenoxy) is 2. The van der Waals surface area contributed by atoms with E-state index >= 15 is 0 Å². The Kier molecular flexibility index (Phi) is 5.61. The number of rotatable bonds is 5. The lowest BCUT2D eigenvalue weighted by molar-refractivity contribution is 0.102. The van der Waals surface area contributed by atoms with Crippen LogP contribution in [0.25, 0.3) is 10.9 Å². The van der Waals surface area contributed by atoms with Crippen molar-refractivity contribution < 1.29 is 14.3 Å². The van der Waals surface area contributed by atoms with Crippen LogP contribution in [0.5, 0.6) is 11.5 Å². The zero-order valence-electron chi connectivity index (χ0n) is 16.1. The summed E-state index contributed by atoms with van der Waals surface area (Å²) in [6.45, 7) is 4.49. The number of benzene rings is 2. The van der Waals surface area contributed by atoms with Crippen LogP contribution in [0.3, 0.4) is 0 Å². The molecule has 0 bridgehead atoms. The van der Waals surface area contributed by atoms with Crippen LogP contribution in [-0.4, -0.2) is 24.7 Å². The fraction of sp³-hybridized carbons (Fsp3) is 0.238. The summed E-state index contributed by atoms with van der Waals surface area (Å²) < 4.78 is 12.4. The maximum atomic E-state index is 13.0. The van der Waals surface area contributed by atoms with Crippen molar-refractivity contribution >= 4 is 34.1 Å². The van der Waals surface area contributed by atoms with E-state index in [0.29, 0.717) is 34.1 Å². The number of fused-ring (bicyclic) bond motifs is 1. The third-order valence-corrected chi connectivity index (χ3v) is 4.84. The van der Waals surface area contributed by atoms with Crippen molar-refractivity contribution in [3.05, 3.63) is 62.9 Å². The van der Waals surface area contributed by atoms with Gasteiger partial charge in [0.05, 0.1) is 30.4 Å². The zero-order valence-corrected chi connectivity index (χ0v) is 16.9. The number of halogens is 1. The Labute approximate surface area is 167 Å². The normalized spacial score (nSPS) is 10.8. The highest BCUT2D eigenvalue weighted by molar-refractivity contribution is 6.32. The monoisotopic (exact) mass is 400 g/mol. The number of hydrogen-bond acceptors (Lipinski definition) is 4. The van der Waals surface area contributed by atoms with Gasteiger partial charge in [0.15, 0.2) is 0 Å². The van der Waals surface area contributed by atoms with Gasteiger partial charge in [0.1, 0.15) is 17.1 Å². The van der Waals surface area contributed by atoms with Crippen molar-refractivity contribution in [1.29, 1.82) is 0 Å². The summed E-state index contributed by atoms with van der Waals surface area (Å²) in [6.07, 6.45) is 1.58. The Hall–Kier alpha value is -2.99. The predicted octanol–water partition coefficient (Wildman–Crippen LogP) is 4.25. The third kappa shape index (κ3) is 3.55. The smallest absolute Gasteiger partial charge is 0.261 e. The Morgan fingerprint density at radius 1 is 1.14 bits per heavy atom. The van der Waals surface area contributed by atoms with Gasteiger partial charge in [-0.15, -0.1) is 0 Å². The van der Waals surface area contributed by atoms with E-state index in [0.717, 1.165) is 11.1 Å². The predicted molar refractivity (Wildman–Crippen MR) is 111 cm³/mol. The topological polar surface area (TPSA) is 69.6 Å². The summed E-state index contributed by atoms with van der Waals surface area (Å²) in [6, 6.07) is 8.74. The number of nitrogens with zero attached hydrogens (tertiary/aromatic N) is 1. The number of carbonyl (C=O) groups is 1. The van der Waals surface area contributed by atoms with E-state index < -0.39 is 5.91 Å². The lowest BCUT2D eigenvalue weighted by Gasteiger charge is -2.15. The van der Waals surface area contributed by atoms with Crippen LogP contribution >= 0.6 is 11.6 Å². The summed E-state index contributed by atoms with van der Waals surface area (Å²) in [7, 11) is 2.95. The number of nitrogens with one attached hydrogen (secondary N) is 1. The first-order valence-corrected chi connectivity index (χ1v) is 9.14. The van der Waals surface area contributed by atoms with E-state index in [2.05, 4.69) is 5.32 Å². The molecule has 0 aliphatic heterocycles. The second kappa shape index (κ2) is 7.94. The molecule has 6 nitrogen and oxygen atoms in total. The first-order valence-electron chi connectivity index (χ1n) is 8.76. The molecule has 0 aliphatic rings. The van der Waals surface area contributed by atoms with Crippen LogP contribution in [0.1, 0.15) is 22.8 Å². The molecule has 1 N–H and O–H groups in total. The van der Waals surface area contributed by atoms with Crippen molar-refractivity contribution in [3.63, 3.8) is 0 Å². The van der Waals surface area contributed by atoms with Gasteiger partial charge in [-0.3, -0.25) is 9.59 Å².